The van der Waals surface area contributed by atoms with Crippen LogP contribution in [0.1, 0.15) is 11.1 Å². The summed E-state index contributed by atoms with van der Waals surface area (Å²) < 4.78 is 6.62. The van der Waals surface area contributed by atoms with Gasteiger partial charge in [0.2, 0.25) is 5.88 Å². The highest BCUT2D eigenvalue weighted by atomic mass is 79.9. The molecule has 2 aromatic rings. The molecule has 0 spiro atoms. The van der Waals surface area contributed by atoms with Crippen molar-refractivity contribution in [3.63, 3.8) is 0 Å². The maximum atomic E-state index is 5.94. The molecule has 1 aromatic heterocycles. The Hall–Kier alpha value is -1.06. The quantitative estimate of drug-likeness (QED) is 0.786. The van der Waals surface area contributed by atoms with E-state index in [1.807, 2.05) is 32.0 Å². The molecule has 0 saturated carbocycles. The zero-order valence-electron chi connectivity index (χ0n) is 9.50. The van der Waals surface area contributed by atoms with Crippen LogP contribution in [0, 0.1) is 13.8 Å². The number of rotatable bonds is 2. The second-order valence-corrected chi connectivity index (χ2v) is 4.99. The lowest BCUT2D eigenvalue weighted by Gasteiger charge is -2.10. The van der Waals surface area contributed by atoms with Crippen LogP contribution in [0.2, 0.25) is 5.02 Å². The van der Waals surface area contributed by atoms with Crippen LogP contribution in [0.4, 0.5) is 0 Å². The molecule has 0 radical (unpaired) electrons. The van der Waals surface area contributed by atoms with E-state index in [-0.39, 0.29) is 0 Å². The Balaban J connectivity index is 2.38. The van der Waals surface area contributed by atoms with E-state index in [1.54, 1.807) is 12.3 Å². The number of aryl methyl sites for hydroxylation is 2. The largest absolute Gasteiger partial charge is 0.438 e. The zero-order valence-corrected chi connectivity index (χ0v) is 11.8. The Bertz CT molecular complexity index is 557. The molecule has 0 N–H and O–H groups in total. The van der Waals surface area contributed by atoms with Crippen molar-refractivity contribution < 1.29 is 4.74 Å². The van der Waals surface area contributed by atoms with Gasteiger partial charge in [0, 0.05) is 11.2 Å². The molecule has 2 rings (SSSR count). The molecule has 0 amide bonds. The molecule has 17 heavy (non-hydrogen) atoms. The molecule has 88 valence electrons. The molecule has 0 aliphatic heterocycles. The fraction of sp³-hybridized carbons (Fsp3) is 0.154. The highest BCUT2D eigenvalue weighted by Crippen LogP contribution is 2.32. The van der Waals surface area contributed by atoms with Gasteiger partial charge in [-0.15, -0.1) is 0 Å². The average molecular weight is 313 g/mol. The second-order valence-electron chi connectivity index (χ2n) is 3.76. The summed E-state index contributed by atoms with van der Waals surface area (Å²) in [7, 11) is 0. The van der Waals surface area contributed by atoms with Gasteiger partial charge in [0.25, 0.3) is 0 Å². The number of nitrogens with zero attached hydrogens (tertiary/aromatic N) is 1. The molecule has 0 aliphatic carbocycles. The predicted molar refractivity (Wildman–Crippen MR) is 72.9 cm³/mol. The van der Waals surface area contributed by atoms with Gasteiger partial charge in [0.15, 0.2) is 0 Å². The van der Waals surface area contributed by atoms with E-state index in [1.165, 1.54) is 0 Å². The molecule has 1 aromatic carbocycles. The van der Waals surface area contributed by atoms with Crippen molar-refractivity contribution >= 4 is 27.5 Å². The van der Waals surface area contributed by atoms with Crippen molar-refractivity contribution in [3.05, 3.63) is 51.1 Å². The maximum absolute atomic E-state index is 5.94. The van der Waals surface area contributed by atoms with E-state index in [4.69, 9.17) is 16.3 Å². The first-order valence-electron chi connectivity index (χ1n) is 5.13. The summed E-state index contributed by atoms with van der Waals surface area (Å²) in [5, 5.41) is 0.648. The Morgan fingerprint density at radius 3 is 2.71 bits per heavy atom. The third-order valence-electron chi connectivity index (χ3n) is 2.41. The minimum atomic E-state index is 0.551. The van der Waals surface area contributed by atoms with E-state index < -0.39 is 0 Å². The van der Waals surface area contributed by atoms with Gasteiger partial charge in [-0.25, -0.2) is 4.98 Å². The number of pyridine rings is 1. The van der Waals surface area contributed by atoms with Crippen LogP contribution >= 0.6 is 27.5 Å². The van der Waals surface area contributed by atoms with Crippen LogP contribution in [-0.4, -0.2) is 4.98 Å². The molecular formula is C13H11BrClNO. The van der Waals surface area contributed by atoms with E-state index in [2.05, 4.69) is 20.9 Å². The molecule has 0 bridgehead atoms. The lowest BCUT2D eigenvalue weighted by Crippen LogP contribution is -1.92. The summed E-state index contributed by atoms with van der Waals surface area (Å²) in [5.74, 6) is 1.27. The van der Waals surface area contributed by atoms with Crippen LogP contribution < -0.4 is 4.74 Å². The van der Waals surface area contributed by atoms with Gasteiger partial charge in [0.1, 0.15) is 5.75 Å². The highest BCUT2D eigenvalue weighted by Gasteiger charge is 2.08. The van der Waals surface area contributed by atoms with Crippen molar-refractivity contribution in [1.82, 2.24) is 4.98 Å². The molecule has 0 aliphatic rings. The van der Waals surface area contributed by atoms with E-state index in [0.717, 1.165) is 21.3 Å². The van der Waals surface area contributed by atoms with Crippen LogP contribution in [0.5, 0.6) is 11.6 Å². The van der Waals surface area contributed by atoms with E-state index in [9.17, 15) is 0 Å². The first-order chi connectivity index (χ1) is 8.08. The summed E-state index contributed by atoms with van der Waals surface area (Å²) in [6.45, 7) is 3.96. The topological polar surface area (TPSA) is 22.1 Å². The van der Waals surface area contributed by atoms with Gasteiger partial charge >= 0.3 is 0 Å². The van der Waals surface area contributed by atoms with E-state index in [0.29, 0.717) is 10.9 Å². The second kappa shape index (κ2) is 5.07. The van der Waals surface area contributed by atoms with Crippen LogP contribution in [0.3, 0.4) is 0 Å². The predicted octanol–water partition coefficient (Wildman–Crippen LogP) is 4.91. The normalized spacial score (nSPS) is 10.4. The van der Waals surface area contributed by atoms with E-state index >= 15 is 0 Å². The Labute approximate surface area is 114 Å². The summed E-state index contributed by atoms with van der Waals surface area (Å²) in [4.78, 5) is 4.19. The lowest BCUT2D eigenvalue weighted by atomic mass is 10.2. The molecule has 0 fully saturated rings. The standard InChI is InChI=1S/C13H11BrClNO/c1-8-3-4-10(15)7-11(8)17-13-12(14)9(2)5-6-16-13/h3-7H,1-2H3. The molecule has 0 unspecified atom stereocenters. The fourth-order valence-corrected chi connectivity index (χ4v) is 1.85. The van der Waals surface area contributed by atoms with Crippen molar-refractivity contribution in [1.29, 1.82) is 0 Å². The summed E-state index contributed by atoms with van der Waals surface area (Å²) in [6, 6.07) is 7.46. The Morgan fingerprint density at radius 1 is 1.18 bits per heavy atom. The first kappa shape index (κ1) is 12.4. The van der Waals surface area contributed by atoms with Gasteiger partial charge in [-0.1, -0.05) is 17.7 Å². The number of hydrogen-bond acceptors (Lipinski definition) is 2. The van der Waals surface area contributed by atoms with Crippen LogP contribution in [-0.2, 0) is 0 Å². The molecular weight excluding hydrogens is 302 g/mol. The number of aromatic nitrogens is 1. The molecule has 0 atom stereocenters. The Morgan fingerprint density at radius 2 is 1.94 bits per heavy atom. The average Bonchev–Trinajstić information content (AvgIpc) is 2.30. The molecule has 4 heteroatoms. The van der Waals surface area contributed by atoms with Crippen molar-refractivity contribution in [2.45, 2.75) is 13.8 Å². The number of ether oxygens (including phenoxy) is 1. The van der Waals surface area contributed by atoms with Gasteiger partial charge in [0.05, 0.1) is 4.47 Å². The smallest absolute Gasteiger partial charge is 0.233 e. The van der Waals surface area contributed by atoms with Gasteiger partial charge in [-0.05, 0) is 59.1 Å². The number of hydrogen-bond donors (Lipinski definition) is 0. The van der Waals surface area contributed by atoms with Gasteiger partial charge in [-0.3, -0.25) is 0 Å². The highest BCUT2D eigenvalue weighted by molar-refractivity contribution is 9.10. The molecule has 0 saturated heterocycles. The summed E-state index contributed by atoms with van der Waals surface area (Å²) in [5.41, 5.74) is 2.10. The van der Waals surface area contributed by atoms with Crippen molar-refractivity contribution in [3.8, 4) is 11.6 Å². The summed E-state index contributed by atoms with van der Waals surface area (Å²) in [6.07, 6.45) is 1.72. The minimum Gasteiger partial charge on any atom is -0.438 e. The molecule has 2 nitrogen and oxygen atoms in total. The number of benzene rings is 1. The maximum Gasteiger partial charge on any atom is 0.233 e. The third-order valence-corrected chi connectivity index (χ3v) is 3.61. The first-order valence-corrected chi connectivity index (χ1v) is 6.30. The SMILES string of the molecule is Cc1ccc(Cl)cc1Oc1nccc(C)c1Br. The van der Waals surface area contributed by atoms with Crippen LogP contribution in [0.25, 0.3) is 0 Å². The van der Waals surface area contributed by atoms with Crippen molar-refractivity contribution in [2.75, 3.05) is 0 Å². The minimum absolute atomic E-state index is 0.551. The number of halogens is 2. The Kier molecular flexibility index (Phi) is 3.69. The third kappa shape index (κ3) is 2.79. The van der Waals surface area contributed by atoms with Gasteiger partial charge < -0.3 is 4.74 Å². The van der Waals surface area contributed by atoms with Crippen molar-refractivity contribution in [2.24, 2.45) is 0 Å². The molecule has 1 heterocycles. The zero-order chi connectivity index (χ0) is 12.4. The fourth-order valence-electron chi connectivity index (χ4n) is 1.37. The monoisotopic (exact) mass is 311 g/mol. The lowest BCUT2D eigenvalue weighted by molar-refractivity contribution is 0.456. The van der Waals surface area contributed by atoms with Crippen LogP contribution in [0.15, 0.2) is 34.9 Å². The summed E-state index contributed by atoms with van der Waals surface area (Å²) >= 11 is 9.40. The van der Waals surface area contributed by atoms with Gasteiger partial charge in [-0.2, -0.15) is 0 Å².